The van der Waals surface area contributed by atoms with Crippen LogP contribution in [-0.2, 0) is 16.1 Å². The summed E-state index contributed by atoms with van der Waals surface area (Å²) in [6.45, 7) is 1.39. The molecule has 0 spiro atoms. The Morgan fingerprint density at radius 3 is 2.64 bits per heavy atom. The summed E-state index contributed by atoms with van der Waals surface area (Å²) in [5.41, 5.74) is 0.503. The SMILES string of the molecule is O=C(C1CCOC1)N1CCC(Oc2cccc3c2ccn3CC(F)(F)F)CC1. The van der Waals surface area contributed by atoms with E-state index in [-0.39, 0.29) is 17.9 Å². The first-order valence-corrected chi connectivity index (χ1v) is 9.58. The topological polar surface area (TPSA) is 43.7 Å². The number of aromatic nitrogens is 1. The molecule has 4 rings (SSSR count). The Hall–Kier alpha value is -2.22. The third-order valence-corrected chi connectivity index (χ3v) is 5.45. The number of rotatable bonds is 4. The number of alkyl halides is 3. The van der Waals surface area contributed by atoms with Crippen molar-refractivity contribution in [3.05, 3.63) is 30.5 Å². The lowest BCUT2D eigenvalue weighted by Gasteiger charge is -2.33. The van der Waals surface area contributed by atoms with Gasteiger partial charge in [-0.15, -0.1) is 0 Å². The summed E-state index contributed by atoms with van der Waals surface area (Å²) in [7, 11) is 0. The first kappa shape index (κ1) is 19.1. The van der Waals surface area contributed by atoms with E-state index >= 15 is 0 Å². The van der Waals surface area contributed by atoms with Crippen molar-refractivity contribution in [1.29, 1.82) is 0 Å². The van der Waals surface area contributed by atoms with Crippen molar-refractivity contribution < 1.29 is 27.4 Å². The highest BCUT2D eigenvalue weighted by Crippen LogP contribution is 2.31. The molecule has 1 unspecified atom stereocenters. The maximum atomic E-state index is 12.7. The number of ether oxygens (including phenoxy) is 2. The fourth-order valence-corrected chi connectivity index (χ4v) is 3.99. The lowest BCUT2D eigenvalue weighted by molar-refractivity contribution is -0.140. The van der Waals surface area contributed by atoms with Gasteiger partial charge in [0.05, 0.1) is 18.0 Å². The molecule has 2 fully saturated rings. The van der Waals surface area contributed by atoms with Crippen LogP contribution in [0.15, 0.2) is 30.5 Å². The minimum Gasteiger partial charge on any atom is -0.490 e. The molecule has 5 nitrogen and oxygen atoms in total. The van der Waals surface area contributed by atoms with Crippen LogP contribution in [0.2, 0.25) is 0 Å². The van der Waals surface area contributed by atoms with Gasteiger partial charge in [0.25, 0.3) is 0 Å². The van der Waals surface area contributed by atoms with Crippen LogP contribution >= 0.6 is 0 Å². The molecule has 1 aromatic carbocycles. The van der Waals surface area contributed by atoms with E-state index in [4.69, 9.17) is 9.47 Å². The third-order valence-electron chi connectivity index (χ3n) is 5.45. The maximum absolute atomic E-state index is 12.7. The first-order valence-electron chi connectivity index (χ1n) is 9.58. The zero-order chi connectivity index (χ0) is 19.7. The van der Waals surface area contributed by atoms with Crippen molar-refractivity contribution in [2.75, 3.05) is 26.3 Å². The van der Waals surface area contributed by atoms with Crippen LogP contribution in [0.4, 0.5) is 13.2 Å². The summed E-state index contributed by atoms with van der Waals surface area (Å²) in [5.74, 6) is 0.717. The molecule has 152 valence electrons. The largest absolute Gasteiger partial charge is 0.490 e. The van der Waals surface area contributed by atoms with E-state index in [0.29, 0.717) is 55.8 Å². The number of carbonyl (C=O) groups excluding carboxylic acids is 1. The maximum Gasteiger partial charge on any atom is 0.406 e. The van der Waals surface area contributed by atoms with Gasteiger partial charge < -0.3 is 18.9 Å². The third kappa shape index (κ3) is 4.11. The Balaban J connectivity index is 1.40. The van der Waals surface area contributed by atoms with Crippen molar-refractivity contribution in [3.63, 3.8) is 0 Å². The molecular formula is C20H23F3N2O3. The fourth-order valence-electron chi connectivity index (χ4n) is 3.99. The summed E-state index contributed by atoms with van der Waals surface area (Å²) in [4.78, 5) is 14.3. The lowest BCUT2D eigenvalue weighted by Crippen LogP contribution is -2.44. The standard InChI is InChI=1S/C20H23F3N2O3/c21-20(22,23)13-25-10-6-16-17(25)2-1-3-18(16)28-15-4-8-24(9-5-15)19(26)14-7-11-27-12-14/h1-3,6,10,14-15H,4-5,7-9,11-13H2. The van der Waals surface area contributed by atoms with Gasteiger partial charge in [-0.05, 0) is 24.6 Å². The molecule has 0 aliphatic carbocycles. The van der Waals surface area contributed by atoms with Gasteiger partial charge in [0.2, 0.25) is 5.91 Å². The molecule has 2 aliphatic rings. The predicted octanol–water partition coefficient (Wildman–Crippen LogP) is 3.61. The first-order chi connectivity index (χ1) is 13.4. The van der Waals surface area contributed by atoms with E-state index in [1.54, 1.807) is 24.3 Å². The second-order valence-corrected chi connectivity index (χ2v) is 7.45. The van der Waals surface area contributed by atoms with Crippen LogP contribution in [0, 0.1) is 5.92 Å². The van der Waals surface area contributed by atoms with Crippen molar-refractivity contribution in [3.8, 4) is 5.75 Å². The molecule has 1 amide bonds. The zero-order valence-electron chi connectivity index (χ0n) is 15.5. The number of benzene rings is 1. The van der Waals surface area contributed by atoms with Crippen molar-refractivity contribution in [1.82, 2.24) is 9.47 Å². The normalized spacial score (nSPS) is 21.4. The number of halogens is 3. The number of fused-ring (bicyclic) bond motifs is 1. The van der Waals surface area contributed by atoms with Gasteiger partial charge in [0.1, 0.15) is 18.4 Å². The average Bonchev–Trinajstić information content (AvgIpc) is 3.32. The number of likely N-dealkylation sites (tertiary alicyclic amines) is 1. The summed E-state index contributed by atoms with van der Waals surface area (Å²) in [6, 6.07) is 6.82. The number of nitrogens with zero attached hydrogens (tertiary/aromatic N) is 2. The minimum absolute atomic E-state index is 0.0281. The lowest BCUT2D eigenvalue weighted by atomic mass is 10.0. The van der Waals surface area contributed by atoms with Gasteiger partial charge >= 0.3 is 6.18 Å². The second kappa shape index (κ2) is 7.66. The Kier molecular flexibility index (Phi) is 5.23. The molecule has 1 aromatic heterocycles. The fraction of sp³-hybridized carbons (Fsp3) is 0.550. The van der Waals surface area contributed by atoms with Crippen LogP contribution in [0.1, 0.15) is 19.3 Å². The minimum atomic E-state index is -4.27. The van der Waals surface area contributed by atoms with Crippen molar-refractivity contribution in [2.45, 2.75) is 38.1 Å². The molecule has 2 aromatic rings. The molecule has 0 N–H and O–H groups in total. The zero-order valence-corrected chi connectivity index (χ0v) is 15.5. The molecule has 0 radical (unpaired) electrons. The number of carbonyl (C=O) groups is 1. The second-order valence-electron chi connectivity index (χ2n) is 7.45. The van der Waals surface area contributed by atoms with E-state index in [0.717, 1.165) is 6.42 Å². The van der Waals surface area contributed by atoms with E-state index in [1.807, 2.05) is 4.90 Å². The summed E-state index contributed by atoms with van der Waals surface area (Å²) < 4.78 is 50.8. The number of amides is 1. The molecule has 2 aliphatic heterocycles. The summed E-state index contributed by atoms with van der Waals surface area (Å²) in [5, 5.41) is 0.674. The van der Waals surface area contributed by atoms with Gasteiger partial charge in [0.15, 0.2) is 0 Å². The highest BCUT2D eigenvalue weighted by molar-refractivity contribution is 5.86. The molecule has 3 heterocycles. The monoisotopic (exact) mass is 396 g/mol. The van der Waals surface area contributed by atoms with Crippen LogP contribution in [0.25, 0.3) is 10.9 Å². The van der Waals surface area contributed by atoms with Crippen molar-refractivity contribution in [2.24, 2.45) is 5.92 Å². The van der Waals surface area contributed by atoms with Crippen molar-refractivity contribution >= 4 is 16.8 Å². The quantitative estimate of drug-likeness (QED) is 0.793. The molecule has 2 saturated heterocycles. The van der Waals surface area contributed by atoms with E-state index in [2.05, 4.69) is 0 Å². The highest BCUT2D eigenvalue weighted by atomic mass is 19.4. The van der Waals surface area contributed by atoms with Gasteiger partial charge in [-0.3, -0.25) is 4.79 Å². The predicted molar refractivity (Wildman–Crippen MR) is 97.1 cm³/mol. The van der Waals surface area contributed by atoms with E-state index in [9.17, 15) is 18.0 Å². The summed E-state index contributed by atoms with van der Waals surface area (Å²) in [6.07, 6.45) is -0.687. The van der Waals surface area contributed by atoms with Crippen LogP contribution in [0.5, 0.6) is 5.75 Å². The Bertz CT molecular complexity index is 835. The Morgan fingerprint density at radius 1 is 1.18 bits per heavy atom. The molecule has 28 heavy (non-hydrogen) atoms. The molecule has 1 atom stereocenters. The molecule has 0 saturated carbocycles. The smallest absolute Gasteiger partial charge is 0.406 e. The van der Waals surface area contributed by atoms with Crippen LogP contribution < -0.4 is 4.74 Å². The van der Waals surface area contributed by atoms with E-state index < -0.39 is 12.7 Å². The van der Waals surface area contributed by atoms with Gasteiger partial charge in [-0.1, -0.05) is 6.07 Å². The van der Waals surface area contributed by atoms with E-state index in [1.165, 1.54) is 10.8 Å². The Morgan fingerprint density at radius 2 is 1.96 bits per heavy atom. The number of hydrogen-bond donors (Lipinski definition) is 0. The molecule has 0 bridgehead atoms. The molecule has 8 heteroatoms. The number of piperidine rings is 1. The van der Waals surface area contributed by atoms with Gasteiger partial charge in [0, 0.05) is 44.1 Å². The van der Waals surface area contributed by atoms with Gasteiger partial charge in [-0.2, -0.15) is 13.2 Å². The van der Waals surface area contributed by atoms with Crippen LogP contribution in [-0.4, -0.2) is 54.0 Å². The Labute approximate surface area is 161 Å². The summed E-state index contributed by atoms with van der Waals surface area (Å²) >= 11 is 0. The average molecular weight is 396 g/mol. The molecular weight excluding hydrogens is 373 g/mol. The van der Waals surface area contributed by atoms with Gasteiger partial charge in [-0.25, -0.2) is 0 Å². The number of hydrogen-bond acceptors (Lipinski definition) is 3. The van der Waals surface area contributed by atoms with Crippen LogP contribution in [0.3, 0.4) is 0 Å². The highest BCUT2D eigenvalue weighted by Gasteiger charge is 2.31.